The standard InChI is InChI=1S/C16H15N3O2/c1-11-5-6-13(4-3-7-20)14(8-11)19-16(21)15-10-17-12(2)9-18-15/h5-6,8-10,20H,7H2,1-2H3,(H,19,21). The predicted octanol–water partition coefficient (Wildman–Crippen LogP) is 1.69. The fourth-order valence-corrected chi connectivity index (χ4v) is 1.70. The number of aliphatic hydroxyl groups excluding tert-OH is 1. The first-order valence-electron chi connectivity index (χ1n) is 6.40. The molecule has 106 valence electrons. The second-order valence-electron chi connectivity index (χ2n) is 4.51. The molecule has 0 saturated carbocycles. The lowest BCUT2D eigenvalue weighted by atomic mass is 10.1. The van der Waals surface area contributed by atoms with Crippen LogP contribution in [0.15, 0.2) is 30.6 Å². The molecule has 0 atom stereocenters. The molecule has 1 amide bonds. The molecule has 0 fully saturated rings. The maximum atomic E-state index is 12.2. The Bertz CT molecular complexity index is 713. The fraction of sp³-hybridized carbons (Fsp3) is 0.188. The molecule has 0 bridgehead atoms. The first-order chi connectivity index (χ1) is 10.1. The van der Waals surface area contributed by atoms with E-state index in [1.807, 2.05) is 19.1 Å². The van der Waals surface area contributed by atoms with Crippen molar-refractivity contribution in [1.29, 1.82) is 0 Å². The van der Waals surface area contributed by atoms with Crippen molar-refractivity contribution in [2.45, 2.75) is 13.8 Å². The van der Waals surface area contributed by atoms with Gasteiger partial charge in [0.05, 0.1) is 17.6 Å². The van der Waals surface area contributed by atoms with Crippen LogP contribution in [0.5, 0.6) is 0 Å². The molecular weight excluding hydrogens is 266 g/mol. The summed E-state index contributed by atoms with van der Waals surface area (Å²) < 4.78 is 0. The number of aryl methyl sites for hydroxylation is 2. The highest BCUT2D eigenvalue weighted by molar-refractivity contribution is 6.03. The quantitative estimate of drug-likeness (QED) is 0.821. The zero-order valence-corrected chi connectivity index (χ0v) is 11.8. The number of amides is 1. The summed E-state index contributed by atoms with van der Waals surface area (Å²) in [6, 6.07) is 5.51. The van der Waals surface area contributed by atoms with Gasteiger partial charge in [0, 0.05) is 11.8 Å². The van der Waals surface area contributed by atoms with E-state index in [2.05, 4.69) is 27.1 Å². The fourth-order valence-electron chi connectivity index (χ4n) is 1.70. The molecule has 1 heterocycles. The number of anilines is 1. The summed E-state index contributed by atoms with van der Waals surface area (Å²) in [6.45, 7) is 3.49. The number of rotatable bonds is 2. The van der Waals surface area contributed by atoms with Gasteiger partial charge in [0.1, 0.15) is 12.3 Å². The van der Waals surface area contributed by atoms with Gasteiger partial charge in [-0.2, -0.15) is 0 Å². The lowest BCUT2D eigenvalue weighted by molar-refractivity contribution is 0.102. The summed E-state index contributed by atoms with van der Waals surface area (Å²) in [7, 11) is 0. The van der Waals surface area contributed by atoms with E-state index in [9.17, 15) is 4.79 Å². The number of aliphatic hydroxyl groups is 1. The van der Waals surface area contributed by atoms with Gasteiger partial charge in [-0.05, 0) is 31.5 Å². The van der Waals surface area contributed by atoms with Gasteiger partial charge in [0.15, 0.2) is 0 Å². The number of benzene rings is 1. The maximum absolute atomic E-state index is 12.2. The van der Waals surface area contributed by atoms with Crippen molar-refractivity contribution >= 4 is 11.6 Å². The van der Waals surface area contributed by atoms with Crippen molar-refractivity contribution in [3.63, 3.8) is 0 Å². The Morgan fingerprint density at radius 2 is 2.10 bits per heavy atom. The Morgan fingerprint density at radius 1 is 1.29 bits per heavy atom. The largest absolute Gasteiger partial charge is 0.384 e. The van der Waals surface area contributed by atoms with Gasteiger partial charge in [-0.25, -0.2) is 4.98 Å². The molecule has 1 aromatic heterocycles. The van der Waals surface area contributed by atoms with Crippen molar-refractivity contribution < 1.29 is 9.90 Å². The van der Waals surface area contributed by atoms with Gasteiger partial charge in [0.2, 0.25) is 0 Å². The van der Waals surface area contributed by atoms with Gasteiger partial charge in [0.25, 0.3) is 5.91 Å². The second kappa shape index (κ2) is 6.64. The number of nitrogens with zero attached hydrogens (tertiary/aromatic N) is 2. The van der Waals surface area contributed by atoms with Crippen LogP contribution < -0.4 is 5.32 Å². The van der Waals surface area contributed by atoms with Crippen LogP contribution >= 0.6 is 0 Å². The average Bonchev–Trinajstić information content (AvgIpc) is 2.47. The molecule has 5 heteroatoms. The number of aromatic nitrogens is 2. The predicted molar refractivity (Wildman–Crippen MR) is 79.9 cm³/mol. The van der Waals surface area contributed by atoms with E-state index in [0.29, 0.717) is 11.3 Å². The third-order valence-electron chi connectivity index (χ3n) is 2.74. The van der Waals surface area contributed by atoms with E-state index in [-0.39, 0.29) is 18.2 Å². The van der Waals surface area contributed by atoms with Crippen molar-refractivity contribution in [2.24, 2.45) is 0 Å². The molecular formula is C16H15N3O2. The Labute approximate surface area is 123 Å². The minimum atomic E-state index is -0.347. The summed E-state index contributed by atoms with van der Waals surface area (Å²) >= 11 is 0. The number of carbonyl (C=O) groups excluding carboxylic acids is 1. The first-order valence-corrected chi connectivity index (χ1v) is 6.40. The summed E-state index contributed by atoms with van der Waals surface area (Å²) in [5, 5.41) is 11.6. The number of hydrogen-bond acceptors (Lipinski definition) is 4. The Morgan fingerprint density at radius 3 is 2.76 bits per heavy atom. The molecule has 0 aliphatic heterocycles. The van der Waals surface area contributed by atoms with E-state index < -0.39 is 0 Å². The molecule has 5 nitrogen and oxygen atoms in total. The molecule has 0 saturated heterocycles. The van der Waals surface area contributed by atoms with Gasteiger partial charge in [-0.3, -0.25) is 9.78 Å². The molecule has 21 heavy (non-hydrogen) atoms. The highest BCUT2D eigenvalue weighted by Crippen LogP contribution is 2.17. The lowest BCUT2D eigenvalue weighted by Gasteiger charge is -2.08. The zero-order valence-electron chi connectivity index (χ0n) is 11.8. The van der Waals surface area contributed by atoms with Crippen LogP contribution in [0, 0.1) is 25.7 Å². The number of hydrogen-bond donors (Lipinski definition) is 2. The third-order valence-corrected chi connectivity index (χ3v) is 2.74. The lowest BCUT2D eigenvalue weighted by Crippen LogP contribution is -2.15. The van der Waals surface area contributed by atoms with Crippen LogP contribution in [0.1, 0.15) is 27.3 Å². The first kappa shape index (κ1) is 14.7. The van der Waals surface area contributed by atoms with Crippen LogP contribution in [0.3, 0.4) is 0 Å². The molecule has 1 aromatic carbocycles. The van der Waals surface area contributed by atoms with Crippen molar-refractivity contribution in [3.05, 3.63) is 53.1 Å². The second-order valence-corrected chi connectivity index (χ2v) is 4.51. The average molecular weight is 281 g/mol. The van der Waals surface area contributed by atoms with Gasteiger partial charge in [-0.1, -0.05) is 17.9 Å². The molecule has 0 spiro atoms. The molecule has 2 aromatic rings. The van der Waals surface area contributed by atoms with Gasteiger partial charge in [-0.15, -0.1) is 0 Å². The van der Waals surface area contributed by atoms with E-state index in [1.165, 1.54) is 12.4 Å². The Balaban J connectivity index is 2.27. The number of carbonyl (C=O) groups is 1. The molecule has 0 aliphatic rings. The zero-order chi connectivity index (χ0) is 15.2. The minimum Gasteiger partial charge on any atom is -0.384 e. The monoisotopic (exact) mass is 281 g/mol. The summed E-state index contributed by atoms with van der Waals surface area (Å²) in [6.07, 6.45) is 2.97. The SMILES string of the molecule is Cc1ccc(C#CCO)c(NC(=O)c2cnc(C)cn2)c1. The molecule has 0 unspecified atom stereocenters. The highest BCUT2D eigenvalue weighted by atomic mass is 16.2. The minimum absolute atomic E-state index is 0.231. The van der Waals surface area contributed by atoms with E-state index in [4.69, 9.17) is 5.11 Å². The summed E-state index contributed by atoms with van der Waals surface area (Å²) in [4.78, 5) is 20.2. The molecule has 2 rings (SSSR count). The normalized spacial score (nSPS) is 9.67. The van der Waals surface area contributed by atoms with Crippen LogP contribution in [0.25, 0.3) is 0 Å². The van der Waals surface area contributed by atoms with Crippen LogP contribution in [-0.2, 0) is 0 Å². The third kappa shape index (κ3) is 3.88. The van der Waals surface area contributed by atoms with Crippen LogP contribution in [0.2, 0.25) is 0 Å². The van der Waals surface area contributed by atoms with Gasteiger partial charge >= 0.3 is 0 Å². The van der Waals surface area contributed by atoms with Crippen molar-refractivity contribution in [2.75, 3.05) is 11.9 Å². The Hall–Kier alpha value is -2.71. The molecule has 2 N–H and O–H groups in total. The van der Waals surface area contributed by atoms with E-state index >= 15 is 0 Å². The van der Waals surface area contributed by atoms with Crippen molar-refractivity contribution in [1.82, 2.24) is 9.97 Å². The highest BCUT2D eigenvalue weighted by Gasteiger charge is 2.10. The van der Waals surface area contributed by atoms with E-state index in [1.54, 1.807) is 13.0 Å². The maximum Gasteiger partial charge on any atom is 0.275 e. The van der Waals surface area contributed by atoms with Gasteiger partial charge < -0.3 is 10.4 Å². The summed E-state index contributed by atoms with van der Waals surface area (Å²) in [5.74, 6) is 5.03. The van der Waals surface area contributed by atoms with Crippen LogP contribution in [0.4, 0.5) is 5.69 Å². The molecule has 0 radical (unpaired) electrons. The Kier molecular flexibility index (Phi) is 4.64. The topological polar surface area (TPSA) is 75.1 Å². The summed E-state index contributed by atoms with van der Waals surface area (Å²) in [5.41, 5.74) is 3.21. The van der Waals surface area contributed by atoms with Crippen molar-refractivity contribution in [3.8, 4) is 11.8 Å². The molecule has 0 aliphatic carbocycles. The van der Waals surface area contributed by atoms with E-state index in [0.717, 1.165) is 11.3 Å². The smallest absolute Gasteiger partial charge is 0.275 e. The van der Waals surface area contributed by atoms with Crippen LogP contribution in [-0.4, -0.2) is 27.6 Å². The number of nitrogens with one attached hydrogen (secondary N) is 1.